The van der Waals surface area contributed by atoms with Crippen molar-refractivity contribution >= 4 is 28.4 Å². The predicted molar refractivity (Wildman–Crippen MR) is 107 cm³/mol. The van der Waals surface area contributed by atoms with Gasteiger partial charge in [-0.2, -0.15) is 0 Å². The standard InChI is InChI=1S/C22H23N3O2/c1-2-25-14-19(18-5-3-4-6-20(18)25)22(27)23-13-15-7-11-17(12-8-15)24-21(26)16-9-10-16/h3-8,11-12,14,16H,2,9-10,13H2,1H3,(H,23,27)(H,24,26). The summed E-state index contributed by atoms with van der Waals surface area (Å²) in [5, 5.41) is 6.88. The van der Waals surface area contributed by atoms with E-state index in [9.17, 15) is 9.59 Å². The molecule has 2 N–H and O–H groups in total. The Kier molecular flexibility index (Phi) is 4.67. The summed E-state index contributed by atoms with van der Waals surface area (Å²) in [5.74, 6) is 0.210. The van der Waals surface area contributed by atoms with E-state index >= 15 is 0 Å². The second kappa shape index (κ2) is 7.27. The Morgan fingerprint density at radius 2 is 1.81 bits per heavy atom. The number of hydrogen-bond acceptors (Lipinski definition) is 2. The highest BCUT2D eigenvalue weighted by Gasteiger charge is 2.29. The number of rotatable bonds is 6. The first-order chi connectivity index (χ1) is 13.2. The third-order valence-corrected chi connectivity index (χ3v) is 5.00. The largest absolute Gasteiger partial charge is 0.348 e. The fourth-order valence-corrected chi connectivity index (χ4v) is 3.26. The van der Waals surface area contributed by atoms with Gasteiger partial charge in [-0.25, -0.2) is 0 Å². The van der Waals surface area contributed by atoms with Crippen LogP contribution in [0, 0.1) is 5.92 Å². The summed E-state index contributed by atoms with van der Waals surface area (Å²) in [5.41, 5.74) is 3.56. The van der Waals surface area contributed by atoms with Crippen LogP contribution in [0.1, 0.15) is 35.7 Å². The molecule has 0 radical (unpaired) electrons. The summed E-state index contributed by atoms with van der Waals surface area (Å²) in [6, 6.07) is 15.6. The maximum atomic E-state index is 12.7. The number of amides is 2. The number of aromatic nitrogens is 1. The topological polar surface area (TPSA) is 63.1 Å². The first-order valence-corrected chi connectivity index (χ1v) is 9.41. The first kappa shape index (κ1) is 17.3. The van der Waals surface area contributed by atoms with Crippen LogP contribution in [0.3, 0.4) is 0 Å². The molecule has 5 nitrogen and oxygen atoms in total. The van der Waals surface area contributed by atoms with Gasteiger partial charge in [0.15, 0.2) is 0 Å². The van der Waals surface area contributed by atoms with Gasteiger partial charge in [0.05, 0.1) is 5.56 Å². The molecule has 0 aliphatic heterocycles. The molecule has 4 rings (SSSR count). The van der Waals surface area contributed by atoms with Gasteiger partial charge < -0.3 is 15.2 Å². The number of carbonyl (C=O) groups excluding carboxylic acids is 2. The van der Waals surface area contributed by atoms with Crippen LogP contribution in [0.5, 0.6) is 0 Å². The second-order valence-corrected chi connectivity index (χ2v) is 6.99. The molecule has 0 spiro atoms. The summed E-state index contributed by atoms with van der Waals surface area (Å²) < 4.78 is 2.08. The van der Waals surface area contributed by atoms with Crippen LogP contribution in [-0.2, 0) is 17.9 Å². The van der Waals surface area contributed by atoms with Crippen molar-refractivity contribution in [3.8, 4) is 0 Å². The van der Waals surface area contributed by atoms with Crippen LogP contribution in [-0.4, -0.2) is 16.4 Å². The van der Waals surface area contributed by atoms with Gasteiger partial charge in [-0.15, -0.1) is 0 Å². The predicted octanol–water partition coefficient (Wildman–Crippen LogP) is 3.94. The number of fused-ring (bicyclic) bond motifs is 1. The van der Waals surface area contributed by atoms with Crippen molar-refractivity contribution in [2.45, 2.75) is 32.9 Å². The maximum absolute atomic E-state index is 12.7. The van der Waals surface area contributed by atoms with Crippen LogP contribution in [0.2, 0.25) is 0 Å². The summed E-state index contributed by atoms with van der Waals surface area (Å²) in [6.45, 7) is 3.33. The van der Waals surface area contributed by atoms with Crippen molar-refractivity contribution in [1.29, 1.82) is 0 Å². The number of hydrogen-bond donors (Lipinski definition) is 2. The van der Waals surface area contributed by atoms with E-state index in [2.05, 4.69) is 22.1 Å². The molecular weight excluding hydrogens is 338 g/mol. The number of benzene rings is 2. The van der Waals surface area contributed by atoms with Gasteiger partial charge in [-0.3, -0.25) is 9.59 Å². The maximum Gasteiger partial charge on any atom is 0.253 e. The number of nitrogens with one attached hydrogen (secondary N) is 2. The average Bonchev–Trinajstić information content (AvgIpc) is 3.48. The third-order valence-electron chi connectivity index (χ3n) is 5.00. The highest BCUT2D eigenvalue weighted by Crippen LogP contribution is 2.30. The zero-order chi connectivity index (χ0) is 18.8. The first-order valence-electron chi connectivity index (χ1n) is 9.41. The Balaban J connectivity index is 1.41. The lowest BCUT2D eigenvalue weighted by atomic mass is 10.1. The summed E-state index contributed by atoms with van der Waals surface area (Å²) in [4.78, 5) is 24.5. The highest BCUT2D eigenvalue weighted by atomic mass is 16.2. The Bertz CT molecular complexity index is 984. The van der Waals surface area contributed by atoms with Crippen LogP contribution < -0.4 is 10.6 Å². The van der Waals surface area contributed by atoms with Gasteiger partial charge in [-0.05, 0) is 43.5 Å². The van der Waals surface area contributed by atoms with Crippen molar-refractivity contribution in [3.63, 3.8) is 0 Å². The van der Waals surface area contributed by atoms with Crippen molar-refractivity contribution in [2.24, 2.45) is 5.92 Å². The average molecular weight is 361 g/mol. The van der Waals surface area contributed by atoms with Crippen LogP contribution in [0.25, 0.3) is 10.9 Å². The quantitative estimate of drug-likeness (QED) is 0.698. The molecule has 0 atom stereocenters. The lowest BCUT2D eigenvalue weighted by Crippen LogP contribution is -2.22. The van der Waals surface area contributed by atoms with Crippen LogP contribution in [0.15, 0.2) is 54.7 Å². The second-order valence-electron chi connectivity index (χ2n) is 6.99. The third kappa shape index (κ3) is 3.72. The van der Waals surface area contributed by atoms with Gasteiger partial charge in [0, 0.05) is 41.8 Å². The molecule has 3 aromatic rings. The molecule has 2 aromatic carbocycles. The van der Waals surface area contributed by atoms with E-state index in [0.717, 1.165) is 41.5 Å². The Morgan fingerprint density at radius 1 is 1.07 bits per heavy atom. The highest BCUT2D eigenvalue weighted by molar-refractivity contribution is 6.07. The van der Waals surface area contributed by atoms with E-state index in [1.54, 1.807) is 0 Å². The smallest absolute Gasteiger partial charge is 0.253 e. The van der Waals surface area contributed by atoms with Crippen molar-refractivity contribution in [3.05, 3.63) is 65.9 Å². The fourth-order valence-electron chi connectivity index (χ4n) is 3.26. The normalized spacial score (nSPS) is 13.5. The van der Waals surface area contributed by atoms with E-state index in [4.69, 9.17) is 0 Å². The van der Waals surface area contributed by atoms with Crippen molar-refractivity contribution in [1.82, 2.24) is 9.88 Å². The molecule has 0 unspecified atom stereocenters. The molecule has 0 bridgehead atoms. The molecule has 5 heteroatoms. The van der Waals surface area contributed by atoms with E-state index in [-0.39, 0.29) is 17.7 Å². The monoisotopic (exact) mass is 361 g/mol. The van der Waals surface area contributed by atoms with Gasteiger partial charge in [0.2, 0.25) is 5.91 Å². The fraction of sp³-hybridized carbons (Fsp3) is 0.273. The van der Waals surface area contributed by atoms with Gasteiger partial charge in [0.25, 0.3) is 5.91 Å². The van der Waals surface area contributed by atoms with E-state index < -0.39 is 0 Å². The molecular formula is C22H23N3O2. The molecule has 0 saturated heterocycles. The Labute approximate surface area is 158 Å². The molecule has 1 aliphatic rings. The summed E-state index contributed by atoms with van der Waals surface area (Å²) in [6.07, 6.45) is 3.89. The Hall–Kier alpha value is -3.08. The molecule has 138 valence electrons. The molecule has 1 fully saturated rings. The molecule has 1 heterocycles. The minimum Gasteiger partial charge on any atom is -0.348 e. The SMILES string of the molecule is CCn1cc(C(=O)NCc2ccc(NC(=O)C3CC3)cc2)c2ccccc21. The molecule has 27 heavy (non-hydrogen) atoms. The van der Waals surface area contributed by atoms with E-state index in [1.807, 2.05) is 54.7 Å². The Morgan fingerprint density at radius 3 is 2.52 bits per heavy atom. The van der Waals surface area contributed by atoms with Crippen molar-refractivity contribution in [2.75, 3.05) is 5.32 Å². The number of nitrogens with zero attached hydrogens (tertiary/aromatic N) is 1. The van der Waals surface area contributed by atoms with Gasteiger partial charge >= 0.3 is 0 Å². The van der Waals surface area contributed by atoms with Crippen LogP contribution >= 0.6 is 0 Å². The number of carbonyl (C=O) groups is 2. The van der Waals surface area contributed by atoms with Crippen LogP contribution in [0.4, 0.5) is 5.69 Å². The molecule has 1 aliphatic carbocycles. The van der Waals surface area contributed by atoms with Crippen molar-refractivity contribution < 1.29 is 9.59 Å². The lowest BCUT2D eigenvalue weighted by molar-refractivity contribution is -0.117. The molecule has 1 saturated carbocycles. The summed E-state index contributed by atoms with van der Waals surface area (Å²) in [7, 11) is 0. The lowest BCUT2D eigenvalue weighted by Gasteiger charge is -2.07. The summed E-state index contributed by atoms with van der Waals surface area (Å²) >= 11 is 0. The zero-order valence-corrected chi connectivity index (χ0v) is 15.4. The number of aryl methyl sites for hydroxylation is 1. The van der Waals surface area contributed by atoms with E-state index in [0.29, 0.717) is 12.1 Å². The molecule has 2 amide bonds. The minimum absolute atomic E-state index is 0.0792. The zero-order valence-electron chi connectivity index (χ0n) is 15.4. The number of para-hydroxylation sites is 1. The minimum atomic E-state index is -0.0792. The van der Waals surface area contributed by atoms with Gasteiger partial charge in [0.1, 0.15) is 0 Å². The van der Waals surface area contributed by atoms with E-state index in [1.165, 1.54) is 0 Å². The molecule has 1 aromatic heterocycles. The number of anilines is 1. The van der Waals surface area contributed by atoms with Gasteiger partial charge in [-0.1, -0.05) is 30.3 Å².